The summed E-state index contributed by atoms with van der Waals surface area (Å²) in [6, 6.07) is 5.13. The van der Waals surface area contributed by atoms with Gasteiger partial charge < -0.3 is 5.73 Å². The standard InChI is InChI=1S/C10H12ClNOS/c11-8-3-4-9(12)10(5-8)14(13)6-7-1-2-7/h3-5,7H,1-2,6,12H2. The lowest BCUT2D eigenvalue weighted by Gasteiger charge is -2.05. The van der Waals surface area contributed by atoms with E-state index in [0.29, 0.717) is 21.5 Å². The normalized spacial score (nSPS) is 18.1. The van der Waals surface area contributed by atoms with Gasteiger partial charge in [-0.2, -0.15) is 0 Å². The van der Waals surface area contributed by atoms with Crippen LogP contribution in [-0.4, -0.2) is 9.96 Å². The van der Waals surface area contributed by atoms with E-state index in [1.807, 2.05) is 0 Å². The Bertz CT molecular complexity index is 376. The molecule has 2 nitrogen and oxygen atoms in total. The molecule has 76 valence electrons. The van der Waals surface area contributed by atoms with E-state index >= 15 is 0 Å². The van der Waals surface area contributed by atoms with Crippen LogP contribution < -0.4 is 5.73 Å². The van der Waals surface area contributed by atoms with Crippen LogP contribution in [0.15, 0.2) is 23.1 Å². The molecule has 1 aromatic carbocycles. The Morgan fingerprint density at radius 2 is 2.21 bits per heavy atom. The molecule has 0 amide bonds. The average Bonchev–Trinajstić information content (AvgIpc) is 2.93. The monoisotopic (exact) mass is 229 g/mol. The molecular formula is C10H12ClNOS. The summed E-state index contributed by atoms with van der Waals surface area (Å²) in [6.45, 7) is 0. The highest BCUT2D eigenvalue weighted by atomic mass is 35.5. The first-order valence-electron chi connectivity index (χ1n) is 4.60. The van der Waals surface area contributed by atoms with Crippen molar-refractivity contribution in [3.8, 4) is 0 Å². The molecule has 2 N–H and O–H groups in total. The second kappa shape index (κ2) is 3.91. The van der Waals surface area contributed by atoms with E-state index in [2.05, 4.69) is 0 Å². The predicted octanol–water partition coefficient (Wildman–Crippen LogP) is 2.44. The fraction of sp³-hybridized carbons (Fsp3) is 0.400. The van der Waals surface area contributed by atoms with Crippen molar-refractivity contribution < 1.29 is 4.21 Å². The fourth-order valence-electron chi connectivity index (χ4n) is 1.29. The lowest BCUT2D eigenvalue weighted by atomic mass is 10.3. The topological polar surface area (TPSA) is 43.1 Å². The zero-order chi connectivity index (χ0) is 10.1. The van der Waals surface area contributed by atoms with Gasteiger partial charge in [0.2, 0.25) is 0 Å². The first-order chi connectivity index (χ1) is 6.66. The second-order valence-corrected chi connectivity index (χ2v) is 5.54. The average molecular weight is 230 g/mol. The smallest absolute Gasteiger partial charge is 0.0632 e. The third-order valence-electron chi connectivity index (χ3n) is 2.30. The van der Waals surface area contributed by atoms with Gasteiger partial charge in [-0.3, -0.25) is 4.21 Å². The summed E-state index contributed by atoms with van der Waals surface area (Å²) in [4.78, 5) is 0.685. The largest absolute Gasteiger partial charge is 0.398 e. The Kier molecular flexibility index (Phi) is 2.79. The van der Waals surface area contributed by atoms with Gasteiger partial charge in [-0.15, -0.1) is 0 Å². The van der Waals surface area contributed by atoms with Gasteiger partial charge in [-0.1, -0.05) is 11.6 Å². The van der Waals surface area contributed by atoms with Gasteiger partial charge in [-0.05, 0) is 37.0 Å². The summed E-state index contributed by atoms with van der Waals surface area (Å²) >= 11 is 5.82. The molecule has 1 aromatic rings. The number of hydrogen-bond acceptors (Lipinski definition) is 2. The van der Waals surface area contributed by atoms with Crippen LogP contribution in [0, 0.1) is 5.92 Å². The number of halogens is 1. The molecule has 0 spiro atoms. The predicted molar refractivity (Wildman–Crippen MR) is 59.9 cm³/mol. The van der Waals surface area contributed by atoms with Crippen LogP contribution in [0.25, 0.3) is 0 Å². The molecule has 0 saturated heterocycles. The number of anilines is 1. The molecule has 0 aliphatic heterocycles. The molecule has 1 unspecified atom stereocenters. The molecule has 1 aliphatic carbocycles. The molecule has 1 aliphatic rings. The first kappa shape index (κ1) is 9.99. The maximum atomic E-state index is 11.8. The van der Waals surface area contributed by atoms with Gasteiger partial charge >= 0.3 is 0 Å². The van der Waals surface area contributed by atoms with Crippen molar-refractivity contribution in [3.63, 3.8) is 0 Å². The van der Waals surface area contributed by atoms with Gasteiger partial charge in [0, 0.05) is 16.5 Å². The third kappa shape index (κ3) is 2.28. The van der Waals surface area contributed by atoms with E-state index < -0.39 is 10.8 Å². The number of nitrogens with two attached hydrogens (primary N) is 1. The Hall–Kier alpha value is -0.540. The Morgan fingerprint density at radius 3 is 2.86 bits per heavy atom. The summed E-state index contributed by atoms with van der Waals surface area (Å²) in [7, 11) is -0.982. The molecule has 0 heterocycles. The highest BCUT2D eigenvalue weighted by Gasteiger charge is 2.25. The quantitative estimate of drug-likeness (QED) is 0.810. The van der Waals surface area contributed by atoms with Crippen molar-refractivity contribution in [3.05, 3.63) is 23.2 Å². The van der Waals surface area contributed by atoms with E-state index in [1.54, 1.807) is 18.2 Å². The van der Waals surface area contributed by atoms with Crippen LogP contribution in [0.1, 0.15) is 12.8 Å². The van der Waals surface area contributed by atoms with Crippen molar-refractivity contribution in [2.75, 3.05) is 11.5 Å². The minimum atomic E-state index is -0.982. The molecule has 2 rings (SSSR count). The summed E-state index contributed by atoms with van der Waals surface area (Å²) < 4.78 is 11.8. The van der Waals surface area contributed by atoms with Crippen molar-refractivity contribution in [1.82, 2.24) is 0 Å². The van der Waals surface area contributed by atoms with Gasteiger partial charge in [0.05, 0.1) is 15.7 Å². The maximum Gasteiger partial charge on any atom is 0.0632 e. The zero-order valence-corrected chi connectivity index (χ0v) is 9.27. The Balaban J connectivity index is 2.20. The molecule has 14 heavy (non-hydrogen) atoms. The summed E-state index contributed by atoms with van der Waals surface area (Å²) in [6.07, 6.45) is 2.40. The minimum Gasteiger partial charge on any atom is -0.398 e. The van der Waals surface area contributed by atoms with E-state index in [-0.39, 0.29) is 0 Å². The maximum absolute atomic E-state index is 11.8. The highest BCUT2D eigenvalue weighted by molar-refractivity contribution is 7.85. The van der Waals surface area contributed by atoms with Crippen LogP contribution in [0.5, 0.6) is 0 Å². The molecule has 0 bridgehead atoms. The number of rotatable bonds is 3. The van der Waals surface area contributed by atoms with Crippen LogP contribution in [0.4, 0.5) is 5.69 Å². The second-order valence-electron chi connectivity index (χ2n) is 3.64. The molecule has 1 saturated carbocycles. The van der Waals surface area contributed by atoms with Crippen LogP contribution >= 0.6 is 11.6 Å². The highest BCUT2D eigenvalue weighted by Crippen LogP contribution is 2.32. The van der Waals surface area contributed by atoms with Crippen LogP contribution in [0.2, 0.25) is 5.02 Å². The van der Waals surface area contributed by atoms with E-state index in [0.717, 1.165) is 5.75 Å². The third-order valence-corrected chi connectivity index (χ3v) is 4.16. The summed E-state index contributed by atoms with van der Waals surface area (Å²) in [5.74, 6) is 1.36. The molecule has 0 radical (unpaired) electrons. The van der Waals surface area contributed by atoms with Crippen molar-refractivity contribution in [1.29, 1.82) is 0 Å². The van der Waals surface area contributed by atoms with Crippen LogP contribution in [-0.2, 0) is 10.8 Å². The minimum absolute atomic E-state index is 0.577. The number of benzene rings is 1. The fourth-order valence-corrected chi connectivity index (χ4v) is 3.06. The number of hydrogen-bond donors (Lipinski definition) is 1. The van der Waals surface area contributed by atoms with Crippen LogP contribution in [0.3, 0.4) is 0 Å². The van der Waals surface area contributed by atoms with Crippen molar-refractivity contribution >= 4 is 28.1 Å². The van der Waals surface area contributed by atoms with Gasteiger partial charge in [0.25, 0.3) is 0 Å². The summed E-state index contributed by atoms with van der Waals surface area (Å²) in [5, 5.41) is 0.596. The molecule has 1 fully saturated rings. The molecule has 4 heteroatoms. The Morgan fingerprint density at radius 1 is 1.50 bits per heavy atom. The molecular weight excluding hydrogens is 218 g/mol. The van der Waals surface area contributed by atoms with E-state index in [1.165, 1.54) is 12.8 Å². The SMILES string of the molecule is Nc1ccc(Cl)cc1S(=O)CC1CC1. The lowest BCUT2D eigenvalue weighted by Crippen LogP contribution is -2.03. The van der Waals surface area contributed by atoms with E-state index in [4.69, 9.17) is 17.3 Å². The van der Waals surface area contributed by atoms with Gasteiger partial charge in [0.1, 0.15) is 0 Å². The van der Waals surface area contributed by atoms with Gasteiger partial charge in [-0.25, -0.2) is 0 Å². The van der Waals surface area contributed by atoms with Gasteiger partial charge in [0.15, 0.2) is 0 Å². The van der Waals surface area contributed by atoms with E-state index in [9.17, 15) is 4.21 Å². The van der Waals surface area contributed by atoms with Crippen molar-refractivity contribution in [2.45, 2.75) is 17.7 Å². The van der Waals surface area contributed by atoms with Crippen molar-refractivity contribution in [2.24, 2.45) is 5.92 Å². The summed E-state index contributed by atoms with van der Waals surface area (Å²) in [5.41, 5.74) is 6.31. The first-order valence-corrected chi connectivity index (χ1v) is 6.30. The Labute approximate surface area is 90.9 Å². The molecule has 1 atom stereocenters. The molecule has 0 aromatic heterocycles. The zero-order valence-electron chi connectivity index (χ0n) is 7.70. The number of nitrogen functional groups attached to an aromatic ring is 1. The lowest BCUT2D eigenvalue weighted by molar-refractivity contribution is 0.680.